The molecule has 0 radical (unpaired) electrons. The zero-order valence-electron chi connectivity index (χ0n) is 10.3. The molecular weight excluding hydrogens is 230 g/mol. The minimum atomic E-state index is -0.118. The van der Waals surface area contributed by atoms with Crippen LogP contribution in [-0.4, -0.2) is 28.6 Å². The van der Waals surface area contributed by atoms with Crippen molar-refractivity contribution in [3.05, 3.63) is 23.9 Å². The second kappa shape index (κ2) is 5.82. The molecule has 1 aliphatic rings. The molecule has 1 aromatic rings. The van der Waals surface area contributed by atoms with E-state index in [1.54, 1.807) is 12.1 Å². The molecule has 98 valence electrons. The largest absolute Gasteiger partial charge is 0.396 e. The van der Waals surface area contributed by atoms with E-state index in [0.29, 0.717) is 17.3 Å². The first-order valence-electron chi connectivity index (χ1n) is 6.32. The van der Waals surface area contributed by atoms with Crippen molar-refractivity contribution in [1.29, 1.82) is 0 Å². The molecule has 0 saturated heterocycles. The summed E-state index contributed by atoms with van der Waals surface area (Å²) in [6, 6.07) is 3.37. The molecule has 2 rings (SSSR count). The number of anilines is 1. The van der Waals surface area contributed by atoms with Crippen molar-refractivity contribution < 1.29 is 9.90 Å². The summed E-state index contributed by atoms with van der Waals surface area (Å²) < 4.78 is 0. The summed E-state index contributed by atoms with van der Waals surface area (Å²) in [6.45, 7) is 0.203. The van der Waals surface area contributed by atoms with Crippen molar-refractivity contribution in [2.45, 2.75) is 31.7 Å². The maximum absolute atomic E-state index is 12.0. The van der Waals surface area contributed by atoms with Crippen LogP contribution in [0.15, 0.2) is 18.3 Å². The van der Waals surface area contributed by atoms with Crippen molar-refractivity contribution in [2.75, 3.05) is 12.3 Å². The molecule has 2 unspecified atom stereocenters. The first-order valence-corrected chi connectivity index (χ1v) is 6.32. The minimum absolute atomic E-state index is 0.118. The van der Waals surface area contributed by atoms with Crippen molar-refractivity contribution in [2.24, 2.45) is 5.92 Å². The van der Waals surface area contributed by atoms with Gasteiger partial charge in [-0.1, -0.05) is 6.42 Å². The van der Waals surface area contributed by atoms with Gasteiger partial charge in [-0.05, 0) is 37.3 Å². The zero-order valence-corrected chi connectivity index (χ0v) is 10.3. The number of hydrogen-bond donors (Lipinski definition) is 3. The molecule has 18 heavy (non-hydrogen) atoms. The summed E-state index contributed by atoms with van der Waals surface area (Å²) >= 11 is 0. The zero-order chi connectivity index (χ0) is 13.0. The summed E-state index contributed by atoms with van der Waals surface area (Å²) in [4.78, 5) is 15.9. The maximum atomic E-state index is 12.0. The van der Waals surface area contributed by atoms with Crippen LogP contribution in [0.25, 0.3) is 0 Å². The van der Waals surface area contributed by atoms with Crippen molar-refractivity contribution in [3.63, 3.8) is 0 Å². The lowest BCUT2D eigenvalue weighted by Crippen LogP contribution is -2.39. The number of nitrogens with zero attached hydrogens (tertiary/aromatic N) is 1. The Balaban J connectivity index is 1.95. The number of rotatable bonds is 3. The van der Waals surface area contributed by atoms with Gasteiger partial charge in [0.2, 0.25) is 0 Å². The Hall–Kier alpha value is -1.62. The Kier molecular flexibility index (Phi) is 4.15. The Labute approximate surface area is 106 Å². The van der Waals surface area contributed by atoms with E-state index in [1.807, 2.05) is 0 Å². The third-order valence-electron chi connectivity index (χ3n) is 3.42. The fraction of sp³-hybridized carbons (Fsp3) is 0.538. The predicted molar refractivity (Wildman–Crippen MR) is 68.9 cm³/mol. The topological polar surface area (TPSA) is 88.2 Å². The van der Waals surface area contributed by atoms with Crippen molar-refractivity contribution in [1.82, 2.24) is 10.3 Å². The van der Waals surface area contributed by atoms with Gasteiger partial charge < -0.3 is 16.2 Å². The monoisotopic (exact) mass is 249 g/mol. The van der Waals surface area contributed by atoms with Crippen LogP contribution in [0.4, 0.5) is 5.82 Å². The van der Waals surface area contributed by atoms with Crippen LogP contribution in [0.3, 0.4) is 0 Å². The summed E-state index contributed by atoms with van der Waals surface area (Å²) in [5.41, 5.74) is 6.08. The number of amides is 1. The first-order chi connectivity index (χ1) is 8.69. The van der Waals surface area contributed by atoms with Gasteiger partial charge in [0, 0.05) is 24.4 Å². The Morgan fingerprint density at radius 2 is 2.39 bits per heavy atom. The molecule has 0 aliphatic heterocycles. The average Bonchev–Trinajstić information content (AvgIpc) is 2.39. The normalized spacial score (nSPS) is 23.6. The standard InChI is InChI=1S/C13H19N3O2/c14-12-7-10(4-5-15-12)13(18)16-11-3-1-2-9(6-11)8-17/h4-5,7,9,11,17H,1-3,6,8H2,(H2,14,15)(H,16,18). The Bertz CT molecular complexity index is 422. The number of carbonyl (C=O) groups excluding carboxylic acids is 1. The number of pyridine rings is 1. The summed E-state index contributed by atoms with van der Waals surface area (Å²) in [7, 11) is 0. The van der Waals surface area contributed by atoms with Crippen LogP contribution < -0.4 is 11.1 Å². The smallest absolute Gasteiger partial charge is 0.251 e. The third kappa shape index (κ3) is 3.20. The number of nitrogen functional groups attached to an aromatic ring is 1. The highest BCUT2D eigenvalue weighted by molar-refractivity contribution is 5.94. The molecule has 1 aliphatic carbocycles. The van der Waals surface area contributed by atoms with Crippen LogP contribution in [0.5, 0.6) is 0 Å². The van der Waals surface area contributed by atoms with Crippen LogP contribution in [0.1, 0.15) is 36.0 Å². The van der Waals surface area contributed by atoms with Gasteiger partial charge in [0.25, 0.3) is 5.91 Å². The SMILES string of the molecule is Nc1cc(C(=O)NC2CCCC(CO)C2)ccn1. The minimum Gasteiger partial charge on any atom is -0.396 e. The fourth-order valence-electron chi connectivity index (χ4n) is 2.45. The average molecular weight is 249 g/mol. The van der Waals surface area contributed by atoms with Crippen LogP contribution in [0, 0.1) is 5.92 Å². The Morgan fingerprint density at radius 1 is 1.56 bits per heavy atom. The maximum Gasteiger partial charge on any atom is 0.251 e. The van der Waals surface area contributed by atoms with Gasteiger partial charge in [-0.25, -0.2) is 4.98 Å². The highest BCUT2D eigenvalue weighted by Crippen LogP contribution is 2.24. The van der Waals surface area contributed by atoms with E-state index in [9.17, 15) is 4.79 Å². The van der Waals surface area contributed by atoms with Gasteiger partial charge in [-0.3, -0.25) is 4.79 Å². The molecule has 0 aromatic carbocycles. The van der Waals surface area contributed by atoms with Gasteiger partial charge >= 0.3 is 0 Å². The molecule has 5 nitrogen and oxygen atoms in total. The molecule has 5 heteroatoms. The van der Waals surface area contributed by atoms with Gasteiger partial charge in [-0.2, -0.15) is 0 Å². The fourth-order valence-corrected chi connectivity index (χ4v) is 2.45. The number of aromatic nitrogens is 1. The van der Waals surface area contributed by atoms with Crippen LogP contribution >= 0.6 is 0 Å². The predicted octanol–water partition coefficient (Wildman–Crippen LogP) is 0.945. The molecule has 1 saturated carbocycles. The van der Waals surface area contributed by atoms with E-state index in [2.05, 4.69) is 10.3 Å². The number of hydrogen-bond acceptors (Lipinski definition) is 4. The van der Waals surface area contributed by atoms with E-state index in [0.717, 1.165) is 25.7 Å². The second-order valence-corrected chi connectivity index (χ2v) is 4.85. The van der Waals surface area contributed by atoms with Gasteiger partial charge in [-0.15, -0.1) is 0 Å². The van der Waals surface area contributed by atoms with Crippen LogP contribution in [0.2, 0.25) is 0 Å². The van der Waals surface area contributed by atoms with E-state index in [1.165, 1.54) is 6.20 Å². The molecule has 1 heterocycles. The molecule has 2 atom stereocenters. The molecule has 1 aromatic heterocycles. The van der Waals surface area contributed by atoms with Gasteiger partial charge in [0.15, 0.2) is 0 Å². The highest BCUT2D eigenvalue weighted by Gasteiger charge is 2.23. The molecular formula is C13H19N3O2. The van der Waals surface area contributed by atoms with E-state index in [-0.39, 0.29) is 18.6 Å². The molecule has 0 bridgehead atoms. The molecule has 0 spiro atoms. The lowest BCUT2D eigenvalue weighted by molar-refractivity contribution is 0.0906. The number of aliphatic hydroxyl groups is 1. The van der Waals surface area contributed by atoms with E-state index in [4.69, 9.17) is 10.8 Å². The number of aliphatic hydroxyl groups excluding tert-OH is 1. The van der Waals surface area contributed by atoms with Crippen molar-refractivity contribution in [3.8, 4) is 0 Å². The lowest BCUT2D eigenvalue weighted by Gasteiger charge is -2.28. The summed E-state index contributed by atoms with van der Waals surface area (Å²) in [5.74, 6) is 0.541. The van der Waals surface area contributed by atoms with Crippen LogP contribution in [-0.2, 0) is 0 Å². The van der Waals surface area contributed by atoms with E-state index < -0.39 is 0 Å². The quantitative estimate of drug-likeness (QED) is 0.744. The lowest BCUT2D eigenvalue weighted by atomic mass is 9.86. The summed E-state index contributed by atoms with van der Waals surface area (Å²) in [6.07, 6.45) is 5.45. The molecule has 1 fully saturated rings. The second-order valence-electron chi connectivity index (χ2n) is 4.85. The van der Waals surface area contributed by atoms with E-state index >= 15 is 0 Å². The summed E-state index contributed by atoms with van der Waals surface area (Å²) in [5, 5.41) is 12.2. The van der Waals surface area contributed by atoms with Crippen molar-refractivity contribution >= 4 is 11.7 Å². The molecule has 1 amide bonds. The highest BCUT2D eigenvalue weighted by atomic mass is 16.3. The molecule has 4 N–H and O–H groups in total. The Morgan fingerprint density at radius 3 is 3.11 bits per heavy atom. The number of nitrogens with two attached hydrogens (primary N) is 1. The van der Waals surface area contributed by atoms with Gasteiger partial charge in [0.05, 0.1) is 0 Å². The number of nitrogens with one attached hydrogen (secondary N) is 1. The number of carbonyl (C=O) groups is 1. The third-order valence-corrected chi connectivity index (χ3v) is 3.42. The van der Waals surface area contributed by atoms with Gasteiger partial charge in [0.1, 0.15) is 5.82 Å². The first kappa shape index (κ1) is 12.8.